The average Bonchev–Trinajstić information content (AvgIpc) is 2.46. The van der Waals surface area contributed by atoms with Crippen molar-refractivity contribution in [2.24, 2.45) is 17.4 Å². The molecule has 0 bridgehead atoms. The molecule has 0 saturated heterocycles. The predicted molar refractivity (Wildman–Crippen MR) is 78.3 cm³/mol. The normalized spacial score (nSPS) is 14.9. The maximum atomic E-state index is 11.7. The Morgan fingerprint density at radius 3 is 2.38 bits per heavy atom. The lowest BCUT2D eigenvalue weighted by Crippen LogP contribution is -2.50. The van der Waals surface area contributed by atoms with Crippen LogP contribution in [0.3, 0.4) is 0 Å². The molecule has 0 unspecified atom stereocenters. The fourth-order valence-corrected chi connectivity index (χ4v) is 1.67. The summed E-state index contributed by atoms with van der Waals surface area (Å²) in [6, 6.07) is -1.68. The quantitative estimate of drug-likeness (QED) is 0.342. The van der Waals surface area contributed by atoms with Gasteiger partial charge in [0.2, 0.25) is 11.8 Å². The van der Waals surface area contributed by atoms with Crippen LogP contribution in [0, 0.1) is 5.92 Å². The minimum atomic E-state index is -1.09. The molecule has 7 N–H and O–H groups in total. The van der Waals surface area contributed by atoms with E-state index in [0.29, 0.717) is 25.8 Å². The third kappa shape index (κ3) is 7.62. The molecule has 0 fully saturated rings. The number of aliphatic carboxylic acids is 1. The lowest BCUT2D eigenvalue weighted by Gasteiger charge is -2.20. The zero-order chi connectivity index (χ0) is 16.4. The number of carbonyl (C=O) groups excluding carboxylic acids is 2. The van der Waals surface area contributed by atoms with Crippen LogP contribution in [0.4, 0.5) is 0 Å². The Morgan fingerprint density at radius 2 is 1.90 bits per heavy atom. The molecular weight excluding hydrogens is 276 g/mol. The molecule has 0 saturated carbocycles. The molecule has 0 radical (unpaired) electrons. The Kier molecular flexibility index (Phi) is 9.31. The van der Waals surface area contributed by atoms with E-state index in [-0.39, 0.29) is 12.5 Å². The van der Waals surface area contributed by atoms with Crippen molar-refractivity contribution in [2.75, 3.05) is 13.1 Å². The minimum Gasteiger partial charge on any atom is -0.480 e. The van der Waals surface area contributed by atoms with E-state index in [1.807, 2.05) is 6.92 Å². The Bertz CT molecular complexity index is 362. The number of carboxylic acid groups (broad SMARTS) is 1. The van der Waals surface area contributed by atoms with E-state index in [1.54, 1.807) is 6.92 Å². The fraction of sp³-hybridized carbons (Fsp3) is 0.769. The summed E-state index contributed by atoms with van der Waals surface area (Å²) in [4.78, 5) is 34.3. The van der Waals surface area contributed by atoms with Gasteiger partial charge in [-0.3, -0.25) is 9.59 Å². The van der Waals surface area contributed by atoms with Gasteiger partial charge in [0.05, 0.1) is 12.6 Å². The van der Waals surface area contributed by atoms with Crippen molar-refractivity contribution in [3.05, 3.63) is 0 Å². The highest BCUT2D eigenvalue weighted by molar-refractivity contribution is 5.89. The van der Waals surface area contributed by atoms with Crippen molar-refractivity contribution in [2.45, 2.75) is 45.2 Å². The molecule has 3 atom stereocenters. The predicted octanol–water partition coefficient (Wildman–Crippen LogP) is -1.22. The molecule has 21 heavy (non-hydrogen) atoms. The molecule has 8 heteroatoms. The first-order chi connectivity index (χ1) is 9.83. The van der Waals surface area contributed by atoms with E-state index < -0.39 is 29.9 Å². The SMILES string of the molecule is CC[C@H](C)[C@H](NC(=O)CNC(=O)[C@@H](N)CCCN)C(=O)O. The van der Waals surface area contributed by atoms with Gasteiger partial charge in [-0.25, -0.2) is 4.79 Å². The highest BCUT2D eigenvalue weighted by Gasteiger charge is 2.25. The van der Waals surface area contributed by atoms with E-state index in [1.165, 1.54) is 0 Å². The Balaban J connectivity index is 4.24. The van der Waals surface area contributed by atoms with Crippen molar-refractivity contribution < 1.29 is 19.5 Å². The van der Waals surface area contributed by atoms with Gasteiger partial charge in [-0.15, -0.1) is 0 Å². The van der Waals surface area contributed by atoms with E-state index >= 15 is 0 Å². The maximum Gasteiger partial charge on any atom is 0.326 e. The number of nitrogens with two attached hydrogens (primary N) is 2. The van der Waals surface area contributed by atoms with Crippen molar-refractivity contribution >= 4 is 17.8 Å². The number of hydrogen-bond acceptors (Lipinski definition) is 5. The zero-order valence-electron chi connectivity index (χ0n) is 12.6. The Morgan fingerprint density at radius 1 is 1.29 bits per heavy atom. The molecule has 2 amide bonds. The van der Waals surface area contributed by atoms with Crippen molar-refractivity contribution in [1.82, 2.24) is 10.6 Å². The van der Waals surface area contributed by atoms with Gasteiger partial charge in [0.25, 0.3) is 0 Å². The van der Waals surface area contributed by atoms with Gasteiger partial charge < -0.3 is 27.2 Å². The Hall–Kier alpha value is -1.67. The number of hydrogen-bond donors (Lipinski definition) is 5. The second-order valence-corrected chi connectivity index (χ2v) is 5.02. The molecular formula is C13H26N4O4. The first-order valence-corrected chi connectivity index (χ1v) is 7.08. The summed E-state index contributed by atoms with van der Waals surface area (Å²) in [5, 5.41) is 13.8. The number of nitrogens with one attached hydrogen (secondary N) is 2. The van der Waals surface area contributed by atoms with E-state index in [9.17, 15) is 14.4 Å². The van der Waals surface area contributed by atoms with Gasteiger partial charge in [0, 0.05) is 0 Å². The van der Waals surface area contributed by atoms with Crippen LogP contribution < -0.4 is 22.1 Å². The molecule has 0 aliphatic carbocycles. The van der Waals surface area contributed by atoms with Gasteiger partial charge in [0.1, 0.15) is 6.04 Å². The smallest absolute Gasteiger partial charge is 0.326 e. The van der Waals surface area contributed by atoms with Crippen LogP contribution in [0.1, 0.15) is 33.1 Å². The molecule has 0 aliphatic rings. The summed E-state index contributed by atoms with van der Waals surface area (Å²) in [6.45, 7) is 3.72. The molecule has 0 aromatic rings. The van der Waals surface area contributed by atoms with Gasteiger partial charge >= 0.3 is 5.97 Å². The van der Waals surface area contributed by atoms with Crippen molar-refractivity contribution in [1.29, 1.82) is 0 Å². The topological polar surface area (TPSA) is 148 Å². The minimum absolute atomic E-state index is 0.200. The second-order valence-electron chi connectivity index (χ2n) is 5.02. The molecule has 0 aromatic carbocycles. The molecule has 0 rings (SSSR count). The highest BCUT2D eigenvalue weighted by atomic mass is 16.4. The zero-order valence-corrected chi connectivity index (χ0v) is 12.6. The number of carbonyl (C=O) groups is 3. The van der Waals surface area contributed by atoms with Crippen molar-refractivity contribution in [3.8, 4) is 0 Å². The average molecular weight is 302 g/mol. The second kappa shape index (κ2) is 10.1. The first-order valence-electron chi connectivity index (χ1n) is 7.08. The van der Waals surface area contributed by atoms with Crippen LogP contribution in [-0.4, -0.2) is 48.1 Å². The number of carboxylic acids is 1. The first kappa shape index (κ1) is 19.3. The van der Waals surface area contributed by atoms with Crippen molar-refractivity contribution in [3.63, 3.8) is 0 Å². The maximum absolute atomic E-state index is 11.7. The third-order valence-electron chi connectivity index (χ3n) is 3.27. The molecule has 8 nitrogen and oxygen atoms in total. The molecule has 0 aromatic heterocycles. The summed E-state index contributed by atoms with van der Waals surface area (Å²) >= 11 is 0. The van der Waals surface area contributed by atoms with Crippen LogP contribution in [0.25, 0.3) is 0 Å². The third-order valence-corrected chi connectivity index (χ3v) is 3.27. The van der Waals surface area contributed by atoms with Gasteiger partial charge in [-0.05, 0) is 25.3 Å². The molecule has 0 spiro atoms. The lowest BCUT2D eigenvalue weighted by atomic mass is 9.99. The summed E-state index contributed by atoms with van der Waals surface area (Å²) in [7, 11) is 0. The largest absolute Gasteiger partial charge is 0.480 e. The molecule has 0 heterocycles. The van der Waals surface area contributed by atoms with Crippen LogP contribution in [0.5, 0.6) is 0 Å². The van der Waals surface area contributed by atoms with E-state index in [2.05, 4.69) is 10.6 Å². The Labute approximate surface area is 124 Å². The molecule has 122 valence electrons. The van der Waals surface area contributed by atoms with Gasteiger partial charge in [-0.1, -0.05) is 20.3 Å². The lowest BCUT2D eigenvalue weighted by molar-refractivity contribution is -0.143. The number of rotatable bonds is 10. The van der Waals surface area contributed by atoms with E-state index in [0.717, 1.165) is 0 Å². The monoisotopic (exact) mass is 302 g/mol. The number of amides is 2. The fourth-order valence-electron chi connectivity index (χ4n) is 1.67. The van der Waals surface area contributed by atoms with E-state index in [4.69, 9.17) is 16.6 Å². The summed E-state index contributed by atoms with van der Waals surface area (Å²) in [5.41, 5.74) is 10.9. The summed E-state index contributed by atoms with van der Waals surface area (Å²) in [6.07, 6.45) is 1.68. The summed E-state index contributed by atoms with van der Waals surface area (Å²) < 4.78 is 0. The van der Waals surface area contributed by atoms with Crippen LogP contribution in [-0.2, 0) is 14.4 Å². The highest BCUT2D eigenvalue weighted by Crippen LogP contribution is 2.07. The van der Waals surface area contributed by atoms with Gasteiger partial charge in [-0.2, -0.15) is 0 Å². The standard InChI is InChI=1S/C13H26N4O4/c1-3-8(2)11(13(20)21)17-10(18)7-16-12(19)9(15)5-4-6-14/h8-9,11H,3-7,14-15H2,1-2H3,(H,16,19)(H,17,18)(H,20,21)/t8-,9-,11-/m0/s1. The summed E-state index contributed by atoms with van der Waals surface area (Å²) in [5.74, 6) is -2.30. The van der Waals surface area contributed by atoms with Crippen LogP contribution >= 0.6 is 0 Å². The van der Waals surface area contributed by atoms with Gasteiger partial charge in [0.15, 0.2) is 0 Å². The molecule has 0 aliphatic heterocycles. The van der Waals surface area contributed by atoms with Crippen LogP contribution in [0.2, 0.25) is 0 Å². The van der Waals surface area contributed by atoms with Crippen LogP contribution in [0.15, 0.2) is 0 Å².